The number of benzene rings is 1. The molecule has 8 heteroatoms. The molecule has 0 saturated carbocycles. The molecule has 0 aliphatic rings. The molecule has 5 nitrogen and oxygen atoms in total. The van der Waals surface area contributed by atoms with Gasteiger partial charge in [-0.1, -0.05) is 0 Å². The van der Waals surface area contributed by atoms with E-state index in [1.165, 1.54) is 0 Å². The van der Waals surface area contributed by atoms with Crippen molar-refractivity contribution < 1.29 is 17.7 Å². The number of non-ortho nitro benzene ring substituents is 1. The maximum atomic E-state index is 13.3. The molecular formula is C7H5BrFNO4S. The van der Waals surface area contributed by atoms with Gasteiger partial charge in [0, 0.05) is 18.4 Å². The zero-order valence-electron chi connectivity index (χ0n) is 7.40. The van der Waals surface area contributed by atoms with Crippen molar-refractivity contribution in [2.24, 2.45) is 0 Å². The second-order valence-electron chi connectivity index (χ2n) is 2.77. The van der Waals surface area contributed by atoms with Crippen molar-refractivity contribution >= 4 is 31.5 Å². The molecule has 15 heavy (non-hydrogen) atoms. The predicted molar refractivity (Wildman–Crippen MR) is 53.9 cm³/mol. The van der Waals surface area contributed by atoms with E-state index in [0.717, 1.165) is 12.3 Å². The molecule has 0 unspecified atom stereocenters. The molecule has 0 saturated heterocycles. The number of nitrogens with zero attached hydrogens (tertiary/aromatic N) is 1. The number of nitro benzene ring substituents is 1. The second-order valence-corrected chi connectivity index (χ2v) is 5.61. The fourth-order valence-corrected chi connectivity index (χ4v) is 2.28. The van der Waals surface area contributed by atoms with E-state index < -0.39 is 31.2 Å². The van der Waals surface area contributed by atoms with E-state index in [0.29, 0.717) is 6.07 Å². The summed E-state index contributed by atoms with van der Waals surface area (Å²) in [6.45, 7) is 0. The van der Waals surface area contributed by atoms with Crippen LogP contribution in [0.1, 0.15) is 0 Å². The van der Waals surface area contributed by atoms with Gasteiger partial charge in [0.2, 0.25) is 0 Å². The van der Waals surface area contributed by atoms with Gasteiger partial charge in [-0.05, 0) is 15.9 Å². The zero-order chi connectivity index (χ0) is 11.8. The van der Waals surface area contributed by atoms with Crippen LogP contribution >= 0.6 is 15.9 Å². The van der Waals surface area contributed by atoms with Gasteiger partial charge in [-0.2, -0.15) is 0 Å². The summed E-state index contributed by atoms with van der Waals surface area (Å²) in [6, 6.07) is 1.60. The van der Waals surface area contributed by atoms with Crippen LogP contribution in [0.2, 0.25) is 0 Å². The van der Waals surface area contributed by atoms with Gasteiger partial charge in [0.25, 0.3) is 5.69 Å². The van der Waals surface area contributed by atoms with Crippen molar-refractivity contribution in [2.45, 2.75) is 4.90 Å². The maximum absolute atomic E-state index is 13.3. The average Bonchev–Trinajstić information content (AvgIpc) is 2.06. The predicted octanol–water partition coefficient (Wildman–Crippen LogP) is 1.90. The van der Waals surface area contributed by atoms with E-state index in [1.807, 2.05) is 0 Å². The molecule has 0 spiro atoms. The highest BCUT2D eigenvalue weighted by Gasteiger charge is 2.21. The lowest BCUT2D eigenvalue weighted by Gasteiger charge is -2.02. The number of nitro groups is 1. The minimum absolute atomic E-state index is 0.253. The van der Waals surface area contributed by atoms with Gasteiger partial charge in [0.05, 0.1) is 9.40 Å². The van der Waals surface area contributed by atoms with Crippen molar-refractivity contribution in [3.63, 3.8) is 0 Å². The highest BCUT2D eigenvalue weighted by atomic mass is 79.9. The summed E-state index contributed by atoms with van der Waals surface area (Å²) in [5.41, 5.74) is -0.483. The molecule has 0 aliphatic carbocycles. The van der Waals surface area contributed by atoms with Gasteiger partial charge in [-0.15, -0.1) is 0 Å². The highest BCUT2D eigenvalue weighted by Crippen LogP contribution is 2.28. The number of hydrogen-bond donors (Lipinski definition) is 0. The van der Waals surface area contributed by atoms with Gasteiger partial charge in [-0.3, -0.25) is 10.1 Å². The Hall–Kier alpha value is -1.02. The normalized spacial score (nSPS) is 11.4. The third-order valence-corrected chi connectivity index (χ3v) is 3.26. The van der Waals surface area contributed by atoms with Crippen LogP contribution in [-0.4, -0.2) is 19.6 Å². The lowest BCUT2D eigenvalue weighted by molar-refractivity contribution is -0.385. The van der Waals surface area contributed by atoms with Crippen molar-refractivity contribution in [3.8, 4) is 0 Å². The third kappa shape index (κ3) is 2.51. The second kappa shape index (κ2) is 3.86. The lowest BCUT2D eigenvalue weighted by atomic mass is 10.3. The van der Waals surface area contributed by atoms with Gasteiger partial charge in [0.15, 0.2) is 15.7 Å². The summed E-state index contributed by atoms with van der Waals surface area (Å²) in [6.07, 6.45) is 0.779. The van der Waals surface area contributed by atoms with Crippen LogP contribution in [0.5, 0.6) is 0 Å². The van der Waals surface area contributed by atoms with E-state index >= 15 is 0 Å². The van der Waals surface area contributed by atoms with Crippen LogP contribution in [-0.2, 0) is 9.84 Å². The SMILES string of the molecule is CS(=O)(=O)c1cc([N+](=O)[O-])cc(Br)c1F. The Balaban J connectivity index is 3.59. The summed E-state index contributed by atoms with van der Waals surface area (Å²) in [5, 5.41) is 10.4. The van der Waals surface area contributed by atoms with E-state index in [2.05, 4.69) is 15.9 Å². The van der Waals surface area contributed by atoms with Crippen molar-refractivity contribution in [3.05, 3.63) is 32.5 Å². The summed E-state index contributed by atoms with van der Waals surface area (Å²) in [4.78, 5) is 8.93. The Labute approximate surface area is 93.1 Å². The highest BCUT2D eigenvalue weighted by molar-refractivity contribution is 9.10. The largest absolute Gasteiger partial charge is 0.272 e. The Bertz CT molecular complexity index is 528. The molecule has 1 aromatic carbocycles. The standard InChI is InChI=1S/C7H5BrFNO4S/c1-15(13,14)6-3-4(10(11)12)2-5(8)7(6)9/h2-3H,1H3. The van der Waals surface area contributed by atoms with Gasteiger partial charge in [0.1, 0.15) is 4.90 Å². The summed E-state index contributed by atoms with van der Waals surface area (Å²) >= 11 is 2.71. The third-order valence-electron chi connectivity index (χ3n) is 1.59. The first-order chi connectivity index (χ1) is 6.73. The number of sulfone groups is 1. The molecule has 1 rings (SSSR count). The number of rotatable bonds is 2. The molecule has 0 fully saturated rings. The quantitative estimate of drug-likeness (QED) is 0.617. The Morgan fingerprint density at radius 3 is 2.40 bits per heavy atom. The van der Waals surface area contributed by atoms with E-state index in [4.69, 9.17) is 0 Å². The summed E-state index contributed by atoms with van der Waals surface area (Å²) in [5.74, 6) is -1.02. The van der Waals surface area contributed by atoms with E-state index in [9.17, 15) is 22.9 Å². The monoisotopic (exact) mass is 297 g/mol. The van der Waals surface area contributed by atoms with E-state index in [1.54, 1.807) is 0 Å². The zero-order valence-corrected chi connectivity index (χ0v) is 9.80. The Morgan fingerprint density at radius 1 is 1.47 bits per heavy atom. The number of halogens is 2. The van der Waals surface area contributed by atoms with Crippen LogP contribution in [0.4, 0.5) is 10.1 Å². The average molecular weight is 298 g/mol. The first-order valence-corrected chi connectivity index (χ1v) is 6.25. The topological polar surface area (TPSA) is 77.3 Å². The molecule has 0 aromatic heterocycles. The van der Waals surface area contributed by atoms with E-state index in [-0.39, 0.29) is 4.47 Å². The minimum atomic E-state index is -3.82. The van der Waals surface area contributed by atoms with Crippen molar-refractivity contribution in [2.75, 3.05) is 6.26 Å². The first-order valence-electron chi connectivity index (χ1n) is 3.57. The van der Waals surface area contributed by atoms with Crippen LogP contribution in [0.15, 0.2) is 21.5 Å². The molecule has 0 N–H and O–H groups in total. The smallest absolute Gasteiger partial charge is 0.258 e. The molecule has 0 amide bonds. The molecule has 0 bridgehead atoms. The van der Waals surface area contributed by atoms with Crippen LogP contribution in [0, 0.1) is 15.9 Å². The molecule has 0 heterocycles. The van der Waals surface area contributed by atoms with Crippen LogP contribution < -0.4 is 0 Å². The lowest BCUT2D eigenvalue weighted by Crippen LogP contribution is -2.03. The Morgan fingerprint density at radius 2 is 2.00 bits per heavy atom. The summed E-state index contributed by atoms with van der Waals surface area (Å²) < 4.78 is 35.2. The van der Waals surface area contributed by atoms with Gasteiger partial charge >= 0.3 is 0 Å². The summed E-state index contributed by atoms with van der Waals surface area (Å²) in [7, 11) is -3.82. The number of hydrogen-bond acceptors (Lipinski definition) is 4. The first kappa shape index (κ1) is 12.1. The van der Waals surface area contributed by atoms with Crippen LogP contribution in [0.3, 0.4) is 0 Å². The minimum Gasteiger partial charge on any atom is -0.258 e. The van der Waals surface area contributed by atoms with Gasteiger partial charge in [-0.25, -0.2) is 12.8 Å². The maximum Gasteiger partial charge on any atom is 0.272 e. The van der Waals surface area contributed by atoms with Crippen LogP contribution in [0.25, 0.3) is 0 Å². The molecular weight excluding hydrogens is 293 g/mol. The van der Waals surface area contributed by atoms with Gasteiger partial charge < -0.3 is 0 Å². The molecule has 1 aromatic rings. The van der Waals surface area contributed by atoms with Crippen molar-refractivity contribution in [1.29, 1.82) is 0 Å². The molecule has 82 valence electrons. The molecule has 0 aliphatic heterocycles. The Kier molecular flexibility index (Phi) is 3.10. The fourth-order valence-electron chi connectivity index (χ4n) is 0.925. The van der Waals surface area contributed by atoms with Crippen molar-refractivity contribution in [1.82, 2.24) is 0 Å². The molecule has 0 radical (unpaired) electrons. The fraction of sp³-hybridized carbons (Fsp3) is 0.143. The molecule has 0 atom stereocenters.